The highest BCUT2D eigenvalue weighted by Gasteiger charge is 2.28. The minimum Gasteiger partial charge on any atom is -0.488 e. The first-order valence-electron chi connectivity index (χ1n) is 8.07. The second kappa shape index (κ2) is 7.50. The predicted molar refractivity (Wildman–Crippen MR) is 106 cm³/mol. The van der Waals surface area contributed by atoms with Gasteiger partial charge in [0.15, 0.2) is 0 Å². The summed E-state index contributed by atoms with van der Waals surface area (Å²) in [5.74, 6) is 1.03. The number of benzene rings is 2. The maximum atomic E-state index is 11.9. The molecule has 0 bridgehead atoms. The van der Waals surface area contributed by atoms with Crippen molar-refractivity contribution in [1.29, 1.82) is 0 Å². The number of halogens is 3. The number of carbonyl (C=O) groups is 1. The van der Waals surface area contributed by atoms with E-state index in [0.717, 1.165) is 15.6 Å². The van der Waals surface area contributed by atoms with Crippen LogP contribution in [0, 0.1) is 0 Å². The molecule has 0 radical (unpaired) electrons. The molecule has 6 nitrogen and oxygen atoms in total. The number of nitrogens with one attached hydrogen (secondary N) is 1. The van der Waals surface area contributed by atoms with Crippen LogP contribution in [0.5, 0.6) is 5.75 Å². The second-order valence-electron chi connectivity index (χ2n) is 6.01. The van der Waals surface area contributed by atoms with Gasteiger partial charge in [-0.2, -0.15) is 10.1 Å². The van der Waals surface area contributed by atoms with Gasteiger partial charge in [0, 0.05) is 15.6 Å². The van der Waals surface area contributed by atoms with Crippen LogP contribution >= 0.6 is 39.1 Å². The molecule has 27 heavy (non-hydrogen) atoms. The summed E-state index contributed by atoms with van der Waals surface area (Å²) >= 11 is 15.6. The van der Waals surface area contributed by atoms with Crippen molar-refractivity contribution in [3.05, 3.63) is 68.4 Å². The Morgan fingerprint density at radius 3 is 2.89 bits per heavy atom. The highest BCUT2D eigenvalue weighted by Crippen LogP contribution is 2.34. The summed E-state index contributed by atoms with van der Waals surface area (Å²) < 4.78 is 8.35. The number of aromatic nitrogens is 3. The van der Waals surface area contributed by atoms with Gasteiger partial charge in [0.25, 0.3) is 0 Å². The van der Waals surface area contributed by atoms with Crippen LogP contribution in [0.3, 0.4) is 0 Å². The van der Waals surface area contributed by atoms with Crippen LogP contribution in [0.15, 0.2) is 47.2 Å². The zero-order valence-corrected chi connectivity index (χ0v) is 16.9. The van der Waals surface area contributed by atoms with Crippen molar-refractivity contribution in [2.24, 2.45) is 0 Å². The van der Waals surface area contributed by atoms with E-state index < -0.39 is 0 Å². The van der Waals surface area contributed by atoms with Crippen LogP contribution in [0.25, 0.3) is 0 Å². The van der Waals surface area contributed by atoms with Crippen LogP contribution in [0.1, 0.15) is 23.6 Å². The van der Waals surface area contributed by atoms with Gasteiger partial charge in [0.05, 0.1) is 16.9 Å². The molecule has 1 atom stereocenters. The number of fused-ring (bicyclic) bond motifs is 1. The number of carbonyl (C=O) groups excluding carboxylic acids is 1. The van der Waals surface area contributed by atoms with Crippen molar-refractivity contribution >= 4 is 51.0 Å². The summed E-state index contributed by atoms with van der Waals surface area (Å²) in [7, 11) is 0. The molecule has 0 unspecified atom stereocenters. The largest absolute Gasteiger partial charge is 0.488 e. The molecule has 0 saturated carbocycles. The summed E-state index contributed by atoms with van der Waals surface area (Å²) in [4.78, 5) is 16.0. The summed E-state index contributed by atoms with van der Waals surface area (Å²) in [5, 5.41) is 8.06. The molecule has 0 aliphatic carbocycles. The molecule has 1 N–H and O–H groups in total. The van der Waals surface area contributed by atoms with Crippen LogP contribution in [0.2, 0.25) is 10.0 Å². The van der Waals surface area contributed by atoms with E-state index in [4.69, 9.17) is 27.9 Å². The van der Waals surface area contributed by atoms with Gasteiger partial charge in [-0.05, 0) is 45.8 Å². The number of hydrogen-bond acceptors (Lipinski definition) is 4. The molecule has 4 rings (SSSR count). The third kappa shape index (κ3) is 3.81. The van der Waals surface area contributed by atoms with Crippen molar-refractivity contribution in [3.63, 3.8) is 0 Å². The minimum atomic E-state index is -0.215. The highest BCUT2D eigenvalue weighted by molar-refractivity contribution is 9.10. The Morgan fingerprint density at radius 1 is 1.26 bits per heavy atom. The first kappa shape index (κ1) is 18.3. The van der Waals surface area contributed by atoms with Gasteiger partial charge in [0.2, 0.25) is 11.9 Å². The Bertz CT molecular complexity index is 1020. The molecule has 0 spiro atoms. The van der Waals surface area contributed by atoms with Crippen molar-refractivity contribution in [1.82, 2.24) is 14.8 Å². The van der Waals surface area contributed by atoms with Crippen molar-refractivity contribution in [2.45, 2.75) is 19.1 Å². The zero-order chi connectivity index (χ0) is 19.0. The van der Waals surface area contributed by atoms with E-state index >= 15 is 0 Å². The SMILES string of the molecule is O=C1C[C@@H](c2ccc(OCc3ccc(Cl)cc3Cl)c(Br)c2)n2ncnc2N1. The first-order chi connectivity index (χ1) is 13.0. The van der Waals surface area contributed by atoms with Crippen molar-refractivity contribution < 1.29 is 9.53 Å². The molecular formula is C18H13BrCl2N4O2. The van der Waals surface area contributed by atoms with E-state index in [1.807, 2.05) is 24.3 Å². The average Bonchev–Trinajstić information content (AvgIpc) is 3.09. The molecule has 1 aromatic heterocycles. The third-order valence-corrected chi connectivity index (χ3v) is 5.44. The highest BCUT2D eigenvalue weighted by atomic mass is 79.9. The smallest absolute Gasteiger partial charge is 0.229 e. The number of nitrogens with zero attached hydrogens (tertiary/aromatic N) is 3. The van der Waals surface area contributed by atoms with Crippen LogP contribution < -0.4 is 10.1 Å². The Kier molecular flexibility index (Phi) is 5.08. The molecule has 9 heteroatoms. The van der Waals surface area contributed by atoms with E-state index in [1.54, 1.807) is 16.8 Å². The molecule has 1 aliphatic heterocycles. The molecule has 138 valence electrons. The van der Waals surface area contributed by atoms with Crippen LogP contribution in [-0.2, 0) is 11.4 Å². The maximum Gasteiger partial charge on any atom is 0.229 e. The summed E-state index contributed by atoms with van der Waals surface area (Å²) in [6.07, 6.45) is 1.72. The average molecular weight is 468 g/mol. The van der Waals surface area contributed by atoms with Gasteiger partial charge in [-0.3, -0.25) is 10.1 Å². The number of amides is 1. The fourth-order valence-corrected chi connectivity index (χ4v) is 3.87. The van der Waals surface area contributed by atoms with E-state index in [-0.39, 0.29) is 11.9 Å². The quantitative estimate of drug-likeness (QED) is 0.594. The molecule has 3 aromatic rings. The van der Waals surface area contributed by atoms with Crippen LogP contribution in [-0.4, -0.2) is 20.7 Å². The zero-order valence-electron chi connectivity index (χ0n) is 13.8. The van der Waals surface area contributed by atoms with Crippen LogP contribution in [0.4, 0.5) is 5.95 Å². The summed E-state index contributed by atoms with van der Waals surface area (Å²) in [5.41, 5.74) is 1.77. The lowest BCUT2D eigenvalue weighted by Crippen LogP contribution is -2.29. The van der Waals surface area contributed by atoms with Gasteiger partial charge >= 0.3 is 0 Å². The molecule has 0 saturated heterocycles. The Hall–Kier alpha value is -2.09. The van der Waals surface area contributed by atoms with Crippen molar-refractivity contribution in [3.8, 4) is 5.75 Å². The normalized spacial score (nSPS) is 16.0. The minimum absolute atomic E-state index is 0.0886. The second-order valence-corrected chi connectivity index (χ2v) is 7.71. The van der Waals surface area contributed by atoms with Gasteiger partial charge in [-0.25, -0.2) is 4.68 Å². The van der Waals surface area contributed by atoms with Crippen molar-refractivity contribution in [2.75, 3.05) is 5.32 Å². The van der Waals surface area contributed by atoms with Gasteiger partial charge < -0.3 is 4.74 Å². The number of rotatable bonds is 4. The maximum absolute atomic E-state index is 11.9. The molecule has 1 aliphatic rings. The molecule has 1 amide bonds. The third-order valence-electron chi connectivity index (χ3n) is 4.24. The fraction of sp³-hybridized carbons (Fsp3) is 0.167. The van der Waals surface area contributed by atoms with E-state index in [1.165, 1.54) is 6.33 Å². The Balaban J connectivity index is 1.54. The lowest BCUT2D eigenvalue weighted by atomic mass is 10.0. The summed E-state index contributed by atoms with van der Waals surface area (Å²) in [6, 6.07) is 10.8. The lowest BCUT2D eigenvalue weighted by molar-refractivity contribution is -0.117. The molecular weight excluding hydrogens is 455 g/mol. The molecule has 0 fully saturated rings. The van der Waals surface area contributed by atoms with E-state index in [0.29, 0.717) is 34.8 Å². The first-order valence-corrected chi connectivity index (χ1v) is 9.61. The monoisotopic (exact) mass is 466 g/mol. The van der Waals surface area contributed by atoms with Gasteiger partial charge in [-0.15, -0.1) is 0 Å². The Morgan fingerprint density at radius 2 is 2.11 bits per heavy atom. The topological polar surface area (TPSA) is 69.0 Å². The molecule has 2 aromatic carbocycles. The molecule has 2 heterocycles. The predicted octanol–water partition coefficient (Wildman–Crippen LogP) is 4.86. The van der Waals surface area contributed by atoms with E-state index in [9.17, 15) is 4.79 Å². The summed E-state index contributed by atoms with van der Waals surface area (Å²) in [6.45, 7) is 0.313. The number of anilines is 1. The number of ether oxygens (including phenoxy) is 1. The Labute approximate surface area is 173 Å². The van der Waals surface area contributed by atoms with Gasteiger partial charge in [0.1, 0.15) is 18.7 Å². The number of hydrogen-bond donors (Lipinski definition) is 1. The van der Waals surface area contributed by atoms with Gasteiger partial charge in [-0.1, -0.05) is 35.3 Å². The standard InChI is InChI=1S/C18H13BrCl2N4O2/c19-13-5-10(15-7-17(26)24-18-22-9-23-25(15)18)2-4-16(13)27-8-11-1-3-12(20)6-14(11)21/h1-6,9,15H,7-8H2,(H,22,23,24,26)/t15-/m0/s1. The fourth-order valence-electron chi connectivity index (χ4n) is 2.90. The van der Waals surface area contributed by atoms with E-state index in [2.05, 4.69) is 31.3 Å². The lowest BCUT2D eigenvalue weighted by Gasteiger charge is -2.24.